The van der Waals surface area contributed by atoms with E-state index < -0.39 is 11.9 Å². The fourth-order valence-corrected chi connectivity index (χ4v) is 2.82. The summed E-state index contributed by atoms with van der Waals surface area (Å²) in [6, 6.07) is 12.3. The Labute approximate surface area is 121 Å². The summed E-state index contributed by atoms with van der Waals surface area (Å²) in [6.07, 6.45) is 1.57. The van der Waals surface area contributed by atoms with Crippen LogP contribution in [0.25, 0.3) is 0 Å². The van der Waals surface area contributed by atoms with Gasteiger partial charge in [-0.1, -0.05) is 41.9 Å². The molecule has 0 radical (unpaired) electrons. The van der Waals surface area contributed by atoms with Gasteiger partial charge in [0.05, 0.1) is 11.1 Å². The Morgan fingerprint density at radius 2 is 1.95 bits per heavy atom. The van der Waals surface area contributed by atoms with Crippen molar-refractivity contribution in [2.24, 2.45) is 0 Å². The molecule has 0 bridgehead atoms. The van der Waals surface area contributed by atoms with Crippen molar-refractivity contribution in [1.82, 2.24) is 0 Å². The molecule has 0 spiro atoms. The highest BCUT2D eigenvalue weighted by atomic mass is 35.5. The lowest BCUT2D eigenvalue weighted by atomic mass is 10.0. The van der Waals surface area contributed by atoms with Crippen LogP contribution in [0.15, 0.2) is 47.4 Å². The van der Waals surface area contributed by atoms with Crippen molar-refractivity contribution in [3.63, 3.8) is 0 Å². The van der Waals surface area contributed by atoms with Crippen LogP contribution < -0.4 is 0 Å². The van der Waals surface area contributed by atoms with Gasteiger partial charge in [0.2, 0.25) is 0 Å². The molecule has 0 saturated heterocycles. The van der Waals surface area contributed by atoms with E-state index in [0.717, 1.165) is 10.5 Å². The molecule has 0 saturated carbocycles. The van der Waals surface area contributed by atoms with Gasteiger partial charge in [-0.05, 0) is 29.5 Å². The van der Waals surface area contributed by atoms with Crippen LogP contribution in [0.2, 0.25) is 5.02 Å². The van der Waals surface area contributed by atoms with Crippen LogP contribution in [0.3, 0.4) is 0 Å². The maximum atomic E-state index is 13.4. The fraction of sp³-hybridized carbons (Fsp3) is 0.200. The molecule has 0 amide bonds. The van der Waals surface area contributed by atoms with E-state index in [2.05, 4.69) is 0 Å². The van der Waals surface area contributed by atoms with Gasteiger partial charge in [-0.25, -0.2) is 4.39 Å². The van der Waals surface area contributed by atoms with E-state index in [1.807, 2.05) is 30.5 Å². The molecule has 2 aromatic carbocycles. The summed E-state index contributed by atoms with van der Waals surface area (Å²) < 4.78 is 13.4. The van der Waals surface area contributed by atoms with E-state index in [1.165, 1.54) is 6.07 Å². The number of hydrogen-bond acceptors (Lipinski definition) is 2. The van der Waals surface area contributed by atoms with Crippen molar-refractivity contribution < 1.29 is 9.50 Å². The van der Waals surface area contributed by atoms with Crippen molar-refractivity contribution >= 4 is 23.4 Å². The molecular formula is C15H14ClFOS. The maximum absolute atomic E-state index is 13.4. The van der Waals surface area contributed by atoms with Crippen LogP contribution in [0.4, 0.5) is 4.39 Å². The molecule has 4 heteroatoms. The number of halogens is 2. The second-order valence-electron chi connectivity index (χ2n) is 4.17. The quantitative estimate of drug-likeness (QED) is 0.840. The molecule has 0 fully saturated rings. The Kier molecular flexibility index (Phi) is 4.86. The van der Waals surface area contributed by atoms with E-state index in [4.69, 9.17) is 11.6 Å². The number of aliphatic hydroxyl groups is 1. The normalized spacial score (nSPS) is 12.4. The summed E-state index contributed by atoms with van der Waals surface area (Å²) >= 11 is 7.48. The summed E-state index contributed by atoms with van der Waals surface area (Å²) in [5, 5.41) is 10.4. The van der Waals surface area contributed by atoms with Crippen molar-refractivity contribution in [3.8, 4) is 0 Å². The van der Waals surface area contributed by atoms with Gasteiger partial charge in [-0.2, -0.15) is 0 Å². The lowest BCUT2D eigenvalue weighted by Gasteiger charge is -2.15. The van der Waals surface area contributed by atoms with Gasteiger partial charge in [0.25, 0.3) is 0 Å². The van der Waals surface area contributed by atoms with Crippen molar-refractivity contribution in [3.05, 3.63) is 64.4 Å². The first-order chi connectivity index (χ1) is 9.13. The van der Waals surface area contributed by atoms with E-state index in [0.29, 0.717) is 12.0 Å². The van der Waals surface area contributed by atoms with Crippen molar-refractivity contribution in [2.45, 2.75) is 17.4 Å². The average Bonchev–Trinajstić information content (AvgIpc) is 2.43. The molecule has 2 aromatic rings. The van der Waals surface area contributed by atoms with E-state index in [-0.39, 0.29) is 5.02 Å². The van der Waals surface area contributed by atoms with Crippen LogP contribution in [0.5, 0.6) is 0 Å². The Morgan fingerprint density at radius 3 is 2.68 bits per heavy atom. The second kappa shape index (κ2) is 6.42. The smallest absolute Gasteiger partial charge is 0.142 e. The summed E-state index contributed by atoms with van der Waals surface area (Å²) in [5.41, 5.74) is 1.46. The lowest BCUT2D eigenvalue weighted by Crippen LogP contribution is -2.04. The van der Waals surface area contributed by atoms with Gasteiger partial charge < -0.3 is 5.11 Å². The molecule has 19 heavy (non-hydrogen) atoms. The third-order valence-corrected chi connectivity index (χ3v) is 4.18. The molecule has 100 valence electrons. The topological polar surface area (TPSA) is 20.2 Å². The SMILES string of the molecule is CSc1ccccc1C(O)Cc1cccc(F)c1Cl. The zero-order chi connectivity index (χ0) is 13.8. The molecule has 1 nitrogen and oxygen atoms in total. The van der Waals surface area contributed by atoms with Gasteiger partial charge >= 0.3 is 0 Å². The van der Waals surface area contributed by atoms with Crippen molar-refractivity contribution in [2.75, 3.05) is 6.26 Å². The molecule has 0 aromatic heterocycles. The van der Waals surface area contributed by atoms with E-state index in [9.17, 15) is 9.50 Å². The molecule has 1 atom stereocenters. The predicted octanol–water partition coefficient (Wildman–Crippen LogP) is 4.48. The number of rotatable bonds is 4. The van der Waals surface area contributed by atoms with Gasteiger partial charge in [0, 0.05) is 11.3 Å². The summed E-state index contributed by atoms with van der Waals surface area (Å²) in [5.74, 6) is -0.454. The van der Waals surface area contributed by atoms with Crippen LogP contribution >= 0.6 is 23.4 Å². The molecule has 1 N–H and O–H groups in total. The van der Waals surface area contributed by atoms with Gasteiger partial charge in [-0.3, -0.25) is 0 Å². The number of thioether (sulfide) groups is 1. The lowest BCUT2D eigenvalue weighted by molar-refractivity contribution is 0.175. The minimum atomic E-state index is -0.692. The Balaban J connectivity index is 2.26. The highest BCUT2D eigenvalue weighted by molar-refractivity contribution is 7.98. The van der Waals surface area contributed by atoms with E-state index >= 15 is 0 Å². The molecule has 1 unspecified atom stereocenters. The number of hydrogen-bond donors (Lipinski definition) is 1. The monoisotopic (exact) mass is 296 g/mol. The Morgan fingerprint density at radius 1 is 1.21 bits per heavy atom. The van der Waals surface area contributed by atoms with Gasteiger partial charge in [-0.15, -0.1) is 11.8 Å². The van der Waals surface area contributed by atoms with Crippen LogP contribution in [0, 0.1) is 5.82 Å². The Hall–Kier alpha value is -1.03. The first kappa shape index (κ1) is 14.4. The molecular weight excluding hydrogens is 283 g/mol. The minimum absolute atomic E-state index is 0.0863. The van der Waals surface area contributed by atoms with Gasteiger partial charge in [0.15, 0.2) is 0 Å². The summed E-state index contributed by atoms with van der Waals surface area (Å²) in [7, 11) is 0. The zero-order valence-electron chi connectivity index (χ0n) is 10.4. The highest BCUT2D eigenvalue weighted by Gasteiger charge is 2.15. The average molecular weight is 297 g/mol. The van der Waals surface area contributed by atoms with Crippen molar-refractivity contribution in [1.29, 1.82) is 0 Å². The molecule has 0 aliphatic rings. The summed E-state index contributed by atoms with van der Waals surface area (Å²) in [6.45, 7) is 0. The second-order valence-corrected chi connectivity index (χ2v) is 5.40. The maximum Gasteiger partial charge on any atom is 0.142 e. The molecule has 0 heterocycles. The molecule has 2 rings (SSSR count). The molecule has 0 aliphatic carbocycles. The van der Waals surface area contributed by atoms with E-state index in [1.54, 1.807) is 23.9 Å². The van der Waals surface area contributed by atoms with Crippen LogP contribution in [-0.4, -0.2) is 11.4 Å². The van der Waals surface area contributed by atoms with Gasteiger partial charge in [0.1, 0.15) is 5.82 Å². The Bertz CT molecular complexity index is 574. The third-order valence-electron chi connectivity index (χ3n) is 2.94. The fourth-order valence-electron chi connectivity index (χ4n) is 1.97. The van der Waals surface area contributed by atoms with Crippen LogP contribution in [0.1, 0.15) is 17.2 Å². The minimum Gasteiger partial charge on any atom is -0.388 e. The highest BCUT2D eigenvalue weighted by Crippen LogP contribution is 2.30. The summed E-state index contributed by atoms with van der Waals surface area (Å²) in [4.78, 5) is 1.02. The largest absolute Gasteiger partial charge is 0.388 e. The van der Waals surface area contributed by atoms with Crippen LogP contribution in [-0.2, 0) is 6.42 Å². The standard InChI is InChI=1S/C15H14ClFOS/c1-19-14-8-3-2-6-11(14)13(18)9-10-5-4-7-12(17)15(10)16/h2-8,13,18H,9H2,1H3. The zero-order valence-corrected chi connectivity index (χ0v) is 12.0. The number of aliphatic hydroxyl groups excluding tert-OH is 1. The third kappa shape index (κ3) is 3.30. The first-order valence-corrected chi connectivity index (χ1v) is 7.47. The first-order valence-electron chi connectivity index (χ1n) is 5.87. The molecule has 0 aliphatic heterocycles. The predicted molar refractivity (Wildman–Crippen MR) is 78.3 cm³/mol. The number of benzene rings is 2.